The summed E-state index contributed by atoms with van der Waals surface area (Å²) in [6.07, 6.45) is 0. The van der Waals surface area contributed by atoms with Crippen molar-refractivity contribution < 1.29 is 4.74 Å². The molecule has 6 heteroatoms. The molecule has 0 bridgehead atoms. The average Bonchev–Trinajstić information content (AvgIpc) is 2.71. The summed E-state index contributed by atoms with van der Waals surface area (Å²) in [6, 6.07) is 17.2. The van der Waals surface area contributed by atoms with Crippen LogP contribution in [0.25, 0.3) is 0 Å². The van der Waals surface area contributed by atoms with Crippen molar-refractivity contribution in [1.29, 1.82) is 0 Å². The van der Waals surface area contributed by atoms with E-state index in [1.807, 2.05) is 7.05 Å². The Balaban J connectivity index is 0.00000280. The maximum Gasteiger partial charge on any atom is 0.193 e. The van der Waals surface area contributed by atoms with Gasteiger partial charge in [0.2, 0.25) is 0 Å². The fourth-order valence-corrected chi connectivity index (χ4v) is 3.33. The molecule has 1 aliphatic rings. The predicted octanol–water partition coefficient (Wildman–Crippen LogP) is 3.66. The number of nitrogens with zero attached hydrogens (tertiary/aromatic N) is 3. The first-order chi connectivity index (χ1) is 13.2. The minimum Gasteiger partial charge on any atom is -0.378 e. The van der Waals surface area contributed by atoms with Gasteiger partial charge in [0.15, 0.2) is 5.96 Å². The summed E-state index contributed by atoms with van der Waals surface area (Å²) >= 11 is 0. The molecular formula is C22H31IN4O. The van der Waals surface area contributed by atoms with Crippen LogP contribution >= 0.6 is 24.0 Å². The Morgan fingerprint density at radius 1 is 1.11 bits per heavy atom. The third kappa shape index (κ3) is 6.10. The van der Waals surface area contributed by atoms with E-state index in [0.717, 1.165) is 45.4 Å². The molecule has 0 aliphatic carbocycles. The molecule has 1 aliphatic heterocycles. The summed E-state index contributed by atoms with van der Waals surface area (Å²) < 4.78 is 5.42. The van der Waals surface area contributed by atoms with Crippen molar-refractivity contribution in [1.82, 2.24) is 10.2 Å². The zero-order chi connectivity index (χ0) is 19.1. The van der Waals surface area contributed by atoms with Gasteiger partial charge in [-0.2, -0.15) is 0 Å². The Morgan fingerprint density at radius 2 is 1.79 bits per heavy atom. The first-order valence-corrected chi connectivity index (χ1v) is 9.55. The number of aryl methyl sites for hydroxylation is 1. The lowest BCUT2D eigenvalue weighted by Gasteiger charge is -2.29. The van der Waals surface area contributed by atoms with Crippen LogP contribution in [0.2, 0.25) is 0 Å². The van der Waals surface area contributed by atoms with Crippen LogP contribution in [0.4, 0.5) is 5.69 Å². The Labute approximate surface area is 185 Å². The molecule has 1 saturated heterocycles. The highest BCUT2D eigenvalue weighted by atomic mass is 127. The van der Waals surface area contributed by atoms with E-state index in [2.05, 4.69) is 82.6 Å². The molecule has 0 spiro atoms. The number of anilines is 1. The zero-order valence-electron chi connectivity index (χ0n) is 17.0. The highest BCUT2D eigenvalue weighted by molar-refractivity contribution is 14.0. The summed E-state index contributed by atoms with van der Waals surface area (Å²) in [4.78, 5) is 8.96. The van der Waals surface area contributed by atoms with Crippen LogP contribution in [0, 0.1) is 6.92 Å². The first kappa shape index (κ1) is 22.5. The molecule has 0 unspecified atom stereocenters. The number of benzene rings is 2. The van der Waals surface area contributed by atoms with Crippen LogP contribution in [0.15, 0.2) is 53.5 Å². The SMILES string of the molecule is CN=C(NCc1ccc(N2CCOCC2)cc1)N(C)Cc1ccccc1C.I. The Bertz CT molecular complexity index is 757. The van der Waals surface area contributed by atoms with Gasteiger partial charge >= 0.3 is 0 Å². The van der Waals surface area contributed by atoms with Crippen LogP contribution in [0.5, 0.6) is 0 Å². The van der Waals surface area contributed by atoms with E-state index in [1.165, 1.54) is 22.4 Å². The topological polar surface area (TPSA) is 40.1 Å². The molecule has 0 amide bonds. The largest absolute Gasteiger partial charge is 0.378 e. The third-order valence-corrected chi connectivity index (χ3v) is 5.01. The maximum absolute atomic E-state index is 5.42. The Kier molecular flexibility index (Phi) is 9.05. The van der Waals surface area contributed by atoms with Gasteiger partial charge in [0.25, 0.3) is 0 Å². The second kappa shape index (κ2) is 11.3. The highest BCUT2D eigenvalue weighted by Gasteiger charge is 2.11. The second-order valence-electron chi connectivity index (χ2n) is 6.95. The minimum atomic E-state index is 0. The van der Waals surface area contributed by atoms with Gasteiger partial charge in [-0.15, -0.1) is 24.0 Å². The van der Waals surface area contributed by atoms with Crippen LogP contribution in [-0.4, -0.2) is 51.3 Å². The second-order valence-corrected chi connectivity index (χ2v) is 6.95. The van der Waals surface area contributed by atoms with Gasteiger partial charge in [0.1, 0.15) is 0 Å². The Morgan fingerprint density at radius 3 is 2.43 bits per heavy atom. The van der Waals surface area contributed by atoms with Gasteiger partial charge in [0.05, 0.1) is 13.2 Å². The summed E-state index contributed by atoms with van der Waals surface area (Å²) in [6.45, 7) is 7.30. The summed E-state index contributed by atoms with van der Waals surface area (Å²) in [5.41, 5.74) is 5.14. The van der Waals surface area contributed by atoms with Gasteiger partial charge < -0.3 is 19.9 Å². The molecule has 0 aromatic heterocycles. The molecule has 1 fully saturated rings. The van der Waals surface area contributed by atoms with E-state index < -0.39 is 0 Å². The average molecular weight is 494 g/mol. The molecule has 5 nitrogen and oxygen atoms in total. The number of morpholine rings is 1. The predicted molar refractivity (Wildman–Crippen MR) is 128 cm³/mol. The molecule has 2 aromatic carbocycles. The molecule has 1 N–H and O–H groups in total. The lowest BCUT2D eigenvalue weighted by Crippen LogP contribution is -2.38. The lowest BCUT2D eigenvalue weighted by atomic mass is 10.1. The molecule has 0 atom stereocenters. The van der Waals surface area contributed by atoms with Crippen molar-refractivity contribution in [3.8, 4) is 0 Å². The number of hydrogen-bond donors (Lipinski definition) is 1. The quantitative estimate of drug-likeness (QED) is 0.392. The molecular weight excluding hydrogens is 463 g/mol. The number of hydrogen-bond acceptors (Lipinski definition) is 3. The van der Waals surface area contributed by atoms with Gasteiger partial charge in [-0.25, -0.2) is 0 Å². The van der Waals surface area contributed by atoms with Gasteiger partial charge in [-0.1, -0.05) is 36.4 Å². The van der Waals surface area contributed by atoms with Crippen LogP contribution in [0.1, 0.15) is 16.7 Å². The lowest BCUT2D eigenvalue weighted by molar-refractivity contribution is 0.122. The summed E-state index contributed by atoms with van der Waals surface area (Å²) in [7, 11) is 3.90. The fourth-order valence-electron chi connectivity index (χ4n) is 3.33. The monoisotopic (exact) mass is 494 g/mol. The minimum absolute atomic E-state index is 0. The number of nitrogens with one attached hydrogen (secondary N) is 1. The van der Waals surface area contributed by atoms with Crippen molar-refractivity contribution >= 4 is 35.6 Å². The third-order valence-electron chi connectivity index (χ3n) is 5.01. The van der Waals surface area contributed by atoms with Gasteiger partial charge in [-0.3, -0.25) is 4.99 Å². The smallest absolute Gasteiger partial charge is 0.193 e. The molecule has 0 saturated carbocycles. The Hall–Kier alpha value is -1.80. The van der Waals surface area contributed by atoms with Crippen molar-refractivity contribution in [3.63, 3.8) is 0 Å². The van der Waals surface area contributed by atoms with E-state index in [1.54, 1.807) is 0 Å². The fraction of sp³-hybridized carbons (Fsp3) is 0.409. The van der Waals surface area contributed by atoms with Crippen LogP contribution < -0.4 is 10.2 Å². The van der Waals surface area contributed by atoms with E-state index in [4.69, 9.17) is 4.74 Å². The highest BCUT2D eigenvalue weighted by Crippen LogP contribution is 2.16. The molecule has 3 rings (SSSR count). The number of aliphatic imine (C=N–C) groups is 1. The molecule has 0 radical (unpaired) electrons. The van der Waals surface area contributed by atoms with E-state index in [0.29, 0.717) is 0 Å². The molecule has 2 aromatic rings. The molecule has 152 valence electrons. The van der Waals surface area contributed by atoms with Gasteiger partial charge in [-0.05, 0) is 35.7 Å². The van der Waals surface area contributed by atoms with Crippen molar-refractivity contribution in [2.75, 3.05) is 45.3 Å². The van der Waals surface area contributed by atoms with Crippen molar-refractivity contribution in [2.24, 2.45) is 4.99 Å². The van der Waals surface area contributed by atoms with Crippen LogP contribution in [-0.2, 0) is 17.8 Å². The zero-order valence-corrected chi connectivity index (χ0v) is 19.3. The summed E-state index contributed by atoms with van der Waals surface area (Å²) in [5, 5.41) is 3.47. The number of guanidine groups is 1. The normalized spacial score (nSPS) is 14.4. The molecule has 1 heterocycles. The first-order valence-electron chi connectivity index (χ1n) is 9.55. The van der Waals surface area contributed by atoms with Gasteiger partial charge in [0, 0.05) is 46.0 Å². The van der Waals surface area contributed by atoms with Crippen molar-refractivity contribution in [3.05, 3.63) is 65.2 Å². The van der Waals surface area contributed by atoms with E-state index >= 15 is 0 Å². The van der Waals surface area contributed by atoms with E-state index in [9.17, 15) is 0 Å². The summed E-state index contributed by atoms with van der Waals surface area (Å²) in [5.74, 6) is 0.899. The molecule has 28 heavy (non-hydrogen) atoms. The number of ether oxygens (including phenoxy) is 1. The number of rotatable bonds is 5. The van der Waals surface area contributed by atoms with Crippen LogP contribution in [0.3, 0.4) is 0 Å². The van der Waals surface area contributed by atoms with E-state index in [-0.39, 0.29) is 24.0 Å². The number of halogens is 1. The maximum atomic E-state index is 5.42. The van der Waals surface area contributed by atoms with Crippen molar-refractivity contribution in [2.45, 2.75) is 20.0 Å². The standard InChI is InChI=1S/C22H30N4O.HI/c1-18-6-4-5-7-20(18)17-25(3)22(23-2)24-16-19-8-10-21(11-9-19)26-12-14-27-15-13-26;/h4-11H,12-17H2,1-3H3,(H,23,24);1H.